The number of sulfonamides is 1. The van der Waals surface area contributed by atoms with Gasteiger partial charge in [-0.05, 0) is 75.2 Å². The van der Waals surface area contributed by atoms with Crippen LogP contribution in [0.4, 0.5) is 5.69 Å². The van der Waals surface area contributed by atoms with Gasteiger partial charge >= 0.3 is 0 Å². The van der Waals surface area contributed by atoms with Gasteiger partial charge in [0.15, 0.2) is 0 Å². The lowest BCUT2D eigenvalue weighted by Crippen LogP contribution is -2.56. The van der Waals surface area contributed by atoms with E-state index in [0.717, 1.165) is 21.0 Å². The average molecular weight is 628 g/mol. The largest absolute Gasteiger partial charge is 0.497 e. The molecule has 236 valence electrons. The van der Waals surface area contributed by atoms with E-state index in [-0.39, 0.29) is 23.8 Å². The molecule has 0 heterocycles. The number of ether oxygens (including phenoxy) is 1. The van der Waals surface area contributed by atoms with Gasteiger partial charge in [-0.1, -0.05) is 78.4 Å². The third kappa shape index (κ3) is 8.95. The number of benzene rings is 4. The summed E-state index contributed by atoms with van der Waals surface area (Å²) in [5.74, 6) is -0.297. The molecule has 45 heavy (non-hydrogen) atoms. The number of nitrogens with zero attached hydrogens (tertiary/aromatic N) is 2. The van der Waals surface area contributed by atoms with E-state index in [2.05, 4.69) is 5.32 Å². The second-order valence-electron chi connectivity index (χ2n) is 12.0. The molecular weight excluding hydrogens is 586 g/mol. The van der Waals surface area contributed by atoms with E-state index in [1.807, 2.05) is 82.3 Å². The second-order valence-corrected chi connectivity index (χ2v) is 13.8. The molecule has 0 aromatic heterocycles. The van der Waals surface area contributed by atoms with Crippen LogP contribution in [0.5, 0.6) is 5.75 Å². The first kappa shape index (κ1) is 33.3. The van der Waals surface area contributed by atoms with E-state index in [1.165, 1.54) is 24.1 Å². The molecule has 4 rings (SSSR count). The lowest BCUT2D eigenvalue weighted by molar-refractivity contribution is -0.140. The topological polar surface area (TPSA) is 96.0 Å². The molecule has 4 aromatic rings. The van der Waals surface area contributed by atoms with Crippen LogP contribution in [-0.4, -0.2) is 50.4 Å². The molecule has 0 unspecified atom stereocenters. The van der Waals surface area contributed by atoms with Crippen LogP contribution in [-0.2, 0) is 32.6 Å². The van der Waals surface area contributed by atoms with Gasteiger partial charge in [0.25, 0.3) is 10.0 Å². The lowest BCUT2D eigenvalue weighted by Gasteiger charge is -2.35. The van der Waals surface area contributed by atoms with Crippen LogP contribution >= 0.6 is 0 Å². The molecule has 4 aromatic carbocycles. The van der Waals surface area contributed by atoms with E-state index in [4.69, 9.17) is 4.74 Å². The van der Waals surface area contributed by atoms with Crippen LogP contribution in [0.2, 0.25) is 0 Å². The van der Waals surface area contributed by atoms with Crippen molar-refractivity contribution in [2.24, 2.45) is 0 Å². The molecule has 0 saturated heterocycles. The average Bonchev–Trinajstić information content (AvgIpc) is 3.02. The second kappa shape index (κ2) is 14.4. The van der Waals surface area contributed by atoms with E-state index >= 15 is 0 Å². The number of rotatable bonds is 12. The molecule has 0 fully saturated rings. The Morgan fingerprint density at radius 2 is 1.38 bits per heavy atom. The summed E-state index contributed by atoms with van der Waals surface area (Å²) in [6.45, 7) is 7.21. The van der Waals surface area contributed by atoms with Gasteiger partial charge in [-0.25, -0.2) is 8.42 Å². The quantitative estimate of drug-likeness (QED) is 0.216. The molecule has 1 N–H and O–H groups in total. The highest BCUT2D eigenvalue weighted by molar-refractivity contribution is 7.92. The van der Waals surface area contributed by atoms with Gasteiger partial charge in [-0.3, -0.25) is 13.9 Å². The van der Waals surface area contributed by atoms with Crippen molar-refractivity contribution in [3.05, 3.63) is 126 Å². The number of carbonyl (C=O) groups is 2. The van der Waals surface area contributed by atoms with Crippen LogP contribution in [0.25, 0.3) is 0 Å². The predicted molar refractivity (Wildman–Crippen MR) is 178 cm³/mol. The molecule has 0 saturated carbocycles. The fourth-order valence-corrected chi connectivity index (χ4v) is 6.33. The van der Waals surface area contributed by atoms with E-state index in [9.17, 15) is 18.0 Å². The maximum atomic E-state index is 14.5. The number of amides is 2. The van der Waals surface area contributed by atoms with Crippen LogP contribution in [0.15, 0.2) is 114 Å². The maximum Gasteiger partial charge on any atom is 0.264 e. The number of carbonyl (C=O) groups excluding carboxylic acids is 2. The van der Waals surface area contributed by atoms with Gasteiger partial charge < -0.3 is 15.0 Å². The van der Waals surface area contributed by atoms with Crippen LogP contribution < -0.4 is 14.4 Å². The van der Waals surface area contributed by atoms with E-state index in [0.29, 0.717) is 11.4 Å². The summed E-state index contributed by atoms with van der Waals surface area (Å²) in [6.07, 6.45) is 0.244. The number of methoxy groups -OCH3 is 1. The van der Waals surface area contributed by atoms with Gasteiger partial charge in [0.2, 0.25) is 11.8 Å². The van der Waals surface area contributed by atoms with Gasteiger partial charge in [-0.15, -0.1) is 0 Å². The first-order valence-electron chi connectivity index (χ1n) is 14.8. The Labute approximate surface area is 266 Å². The SMILES string of the molecule is COc1ccc(N(CC(=O)N(Cc2ccc(C)cc2)[C@@H](Cc2ccccc2)C(=O)NC(C)(C)C)S(=O)(=O)c2ccccc2)cc1. The van der Waals surface area contributed by atoms with Crippen molar-refractivity contribution in [2.75, 3.05) is 18.0 Å². The zero-order valence-electron chi connectivity index (χ0n) is 26.4. The Hall–Kier alpha value is -4.63. The minimum atomic E-state index is -4.17. The molecular formula is C36H41N3O5S. The highest BCUT2D eigenvalue weighted by Gasteiger charge is 2.35. The molecule has 0 aliphatic heterocycles. The highest BCUT2D eigenvalue weighted by atomic mass is 32.2. The van der Waals surface area contributed by atoms with Crippen molar-refractivity contribution in [2.45, 2.75) is 57.1 Å². The Morgan fingerprint density at radius 1 is 0.800 bits per heavy atom. The number of nitrogens with one attached hydrogen (secondary N) is 1. The molecule has 0 aliphatic rings. The van der Waals surface area contributed by atoms with E-state index in [1.54, 1.807) is 42.5 Å². The Balaban J connectivity index is 1.81. The van der Waals surface area contributed by atoms with Crippen molar-refractivity contribution in [3.63, 3.8) is 0 Å². The standard InChI is InChI=1S/C36H41N3O5S/c1-27-16-18-29(19-17-27)25-38(33(35(41)37-36(2,3)4)24-28-12-8-6-9-13-28)34(40)26-39(30-20-22-31(44-5)23-21-30)45(42,43)32-14-10-7-11-15-32/h6-23,33H,24-26H2,1-5H3,(H,37,41)/t33-/m0/s1. The van der Waals surface area contributed by atoms with Crippen LogP contribution in [0, 0.1) is 6.92 Å². The molecule has 9 heteroatoms. The van der Waals surface area contributed by atoms with Crippen molar-refractivity contribution in [1.29, 1.82) is 0 Å². The van der Waals surface area contributed by atoms with Crippen molar-refractivity contribution < 1.29 is 22.7 Å². The summed E-state index contributed by atoms with van der Waals surface area (Å²) in [6, 6.07) is 30.8. The number of aryl methyl sites for hydroxylation is 1. The number of hydrogen-bond acceptors (Lipinski definition) is 5. The van der Waals surface area contributed by atoms with Crippen LogP contribution in [0.1, 0.15) is 37.5 Å². The van der Waals surface area contributed by atoms with Gasteiger partial charge in [0.05, 0.1) is 17.7 Å². The van der Waals surface area contributed by atoms with Crippen molar-refractivity contribution in [1.82, 2.24) is 10.2 Å². The smallest absolute Gasteiger partial charge is 0.264 e. The summed E-state index contributed by atoms with van der Waals surface area (Å²) in [7, 11) is -2.65. The zero-order valence-corrected chi connectivity index (χ0v) is 27.3. The predicted octanol–water partition coefficient (Wildman–Crippen LogP) is 5.75. The fraction of sp³-hybridized carbons (Fsp3) is 0.278. The first-order valence-corrected chi connectivity index (χ1v) is 16.2. The molecule has 0 radical (unpaired) electrons. The molecule has 1 atom stereocenters. The monoisotopic (exact) mass is 627 g/mol. The van der Waals surface area contributed by atoms with Gasteiger partial charge in [0.1, 0.15) is 18.3 Å². The molecule has 0 spiro atoms. The molecule has 8 nitrogen and oxygen atoms in total. The minimum Gasteiger partial charge on any atom is -0.497 e. The normalized spacial score (nSPS) is 12.2. The third-order valence-electron chi connectivity index (χ3n) is 7.21. The first-order chi connectivity index (χ1) is 21.4. The van der Waals surface area contributed by atoms with E-state index < -0.39 is 34.1 Å². The number of anilines is 1. The summed E-state index contributed by atoms with van der Waals surface area (Å²) in [5.41, 5.74) is 2.48. The maximum absolute atomic E-state index is 14.5. The lowest BCUT2D eigenvalue weighted by atomic mass is 10.0. The summed E-state index contributed by atoms with van der Waals surface area (Å²) >= 11 is 0. The van der Waals surface area contributed by atoms with Crippen molar-refractivity contribution in [3.8, 4) is 5.75 Å². The fourth-order valence-electron chi connectivity index (χ4n) is 4.89. The molecule has 0 aliphatic carbocycles. The van der Waals surface area contributed by atoms with Gasteiger partial charge in [0, 0.05) is 18.5 Å². The Kier molecular flexibility index (Phi) is 10.7. The Morgan fingerprint density at radius 3 is 1.93 bits per heavy atom. The minimum absolute atomic E-state index is 0.0463. The van der Waals surface area contributed by atoms with Gasteiger partial charge in [-0.2, -0.15) is 0 Å². The van der Waals surface area contributed by atoms with Crippen molar-refractivity contribution >= 4 is 27.5 Å². The summed E-state index contributed by atoms with van der Waals surface area (Å²) < 4.78 is 34.5. The zero-order chi connectivity index (χ0) is 32.6. The third-order valence-corrected chi connectivity index (χ3v) is 9.00. The number of hydrogen-bond donors (Lipinski definition) is 1. The highest BCUT2D eigenvalue weighted by Crippen LogP contribution is 2.27. The molecule has 2 amide bonds. The summed E-state index contributed by atoms with van der Waals surface area (Å²) in [5, 5.41) is 3.04. The molecule has 0 bridgehead atoms. The summed E-state index contributed by atoms with van der Waals surface area (Å²) in [4.78, 5) is 30.0. The Bertz CT molecular complexity index is 1670. The van der Waals surface area contributed by atoms with Crippen LogP contribution in [0.3, 0.4) is 0 Å².